The molecule has 2 aliphatic rings. The summed E-state index contributed by atoms with van der Waals surface area (Å²) in [6.07, 6.45) is 4.61. The van der Waals surface area contributed by atoms with E-state index < -0.39 is 9.84 Å². The van der Waals surface area contributed by atoms with Crippen molar-refractivity contribution in [1.29, 1.82) is 0 Å². The molecule has 0 N–H and O–H groups in total. The largest absolute Gasteiger partial charge is 0.379 e. The molecule has 0 radical (unpaired) electrons. The summed E-state index contributed by atoms with van der Waals surface area (Å²) in [5.74, 6) is 0. The number of hydrogen-bond acceptors (Lipinski definition) is 4. The molecule has 1 aliphatic carbocycles. The number of fused-ring (bicyclic) bond motifs is 1. The zero-order chi connectivity index (χ0) is 18.1. The van der Waals surface area contributed by atoms with Crippen molar-refractivity contribution < 1.29 is 13.2 Å². The molecule has 0 aromatic heterocycles. The average Bonchev–Trinajstić information content (AvgIpc) is 2.67. The normalized spacial score (nSPS) is 21.3. The van der Waals surface area contributed by atoms with E-state index in [0.29, 0.717) is 10.9 Å². The summed E-state index contributed by atoms with van der Waals surface area (Å²) < 4.78 is 29.1. The maximum Gasteiger partial charge on any atom is 0.175 e. The summed E-state index contributed by atoms with van der Waals surface area (Å²) in [6.45, 7) is 3.77. The van der Waals surface area contributed by atoms with Crippen molar-refractivity contribution in [2.45, 2.75) is 30.2 Å². The molecule has 1 saturated heterocycles. The second-order valence-corrected chi connectivity index (χ2v) is 9.34. The van der Waals surface area contributed by atoms with Crippen molar-refractivity contribution in [2.75, 3.05) is 32.6 Å². The molecule has 0 amide bonds. The van der Waals surface area contributed by atoms with E-state index in [-0.39, 0.29) is 0 Å². The van der Waals surface area contributed by atoms with Gasteiger partial charge in [-0.15, -0.1) is 0 Å². The Bertz CT molecular complexity index is 901. The molecular formula is C21H25NO3S. The first kappa shape index (κ1) is 17.7. The van der Waals surface area contributed by atoms with Crippen LogP contribution in [0.4, 0.5) is 0 Å². The van der Waals surface area contributed by atoms with Gasteiger partial charge in [0.2, 0.25) is 0 Å². The maximum absolute atomic E-state index is 11.8. The fourth-order valence-electron chi connectivity index (χ4n) is 4.08. The van der Waals surface area contributed by atoms with Gasteiger partial charge in [-0.3, -0.25) is 4.90 Å². The van der Waals surface area contributed by atoms with Gasteiger partial charge in [0, 0.05) is 25.4 Å². The van der Waals surface area contributed by atoms with E-state index in [9.17, 15) is 8.42 Å². The number of nitrogens with zero attached hydrogens (tertiary/aromatic N) is 1. The van der Waals surface area contributed by atoms with Crippen LogP contribution in [0.3, 0.4) is 0 Å². The zero-order valence-electron chi connectivity index (χ0n) is 15.1. The van der Waals surface area contributed by atoms with Crippen LogP contribution in [0.15, 0.2) is 47.4 Å². The van der Waals surface area contributed by atoms with Gasteiger partial charge >= 0.3 is 0 Å². The Morgan fingerprint density at radius 2 is 1.77 bits per heavy atom. The number of aryl methyl sites for hydroxylation is 1. The molecule has 4 rings (SSSR count). The minimum atomic E-state index is -3.19. The molecule has 2 aromatic carbocycles. The molecule has 1 fully saturated rings. The molecule has 1 heterocycles. The minimum absolute atomic E-state index is 0.375. The first-order valence-electron chi connectivity index (χ1n) is 9.25. The predicted molar refractivity (Wildman–Crippen MR) is 103 cm³/mol. The second kappa shape index (κ2) is 7.14. The summed E-state index contributed by atoms with van der Waals surface area (Å²) in [5.41, 5.74) is 4.89. The first-order valence-corrected chi connectivity index (χ1v) is 11.1. The molecule has 138 valence electrons. The van der Waals surface area contributed by atoms with Gasteiger partial charge in [0.05, 0.1) is 18.1 Å². The van der Waals surface area contributed by atoms with Crippen LogP contribution in [0.1, 0.15) is 17.5 Å². The van der Waals surface area contributed by atoms with E-state index in [1.807, 2.05) is 12.1 Å². The quantitative estimate of drug-likeness (QED) is 0.832. The van der Waals surface area contributed by atoms with Crippen LogP contribution in [0.2, 0.25) is 0 Å². The Morgan fingerprint density at radius 1 is 1.00 bits per heavy atom. The Hall–Kier alpha value is -1.69. The van der Waals surface area contributed by atoms with Gasteiger partial charge < -0.3 is 4.74 Å². The summed E-state index contributed by atoms with van der Waals surface area (Å²) in [6, 6.07) is 14.4. The van der Waals surface area contributed by atoms with Crippen LogP contribution in [0.25, 0.3) is 11.1 Å². The second-order valence-electron chi connectivity index (χ2n) is 7.33. The Morgan fingerprint density at radius 3 is 2.54 bits per heavy atom. The summed E-state index contributed by atoms with van der Waals surface area (Å²) in [5, 5.41) is 0. The van der Waals surface area contributed by atoms with Gasteiger partial charge in [0.1, 0.15) is 0 Å². The number of benzene rings is 2. The number of sulfone groups is 1. The highest BCUT2D eigenvalue weighted by molar-refractivity contribution is 7.90. The molecular weight excluding hydrogens is 346 g/mol. The van der Waals surface area contributed by atoms with Crippen LogP contribution in [-0.2, 0) is 27.4 Å². The lowest BCUT2D eigenvalue weighted by Crippen LogP contribution is -2.45. The average molecular weight is 372 g/mol. The molecule has 1 unspecified atom stereocenters. The number of hydrogen-bond donors (Lipinski definition) is 0. The van der Waals surface area contributed by atoms with Crippen molar-refractivity contribution in [3.8, 4) is 11.1 Å². The standard InChI is InChI=1S/C21H25NO3S/c1-26(23,24)21-4-2-3-16(15-21)17-5-6-19-14-20(8-7-18(19)13-17)22-9-11-25-12-10-22/h2-6,13,15,20H,7-12,14H2,1H3. The van der Waals surface area contributed by atoms with Gasteiger partial charge in [0.15, 0.2) is 9.84 Å². The number of ether oxygens (including phenoxy) is 1. The summed E-state index contributed by atoms with van der Waals surface area (Å²) in [4.78, 5) is 2.94. The van der Waals surface area contributed by atoms with Crippen LogP contribution in [-0.4, -0.2) is 51.9 Å². The van der Waals surface area contributed by atoms with Gasteiger partial charge in [-0.1, -0.05) is 30.3 Å². The monoisotopic (exact) mass is 371 g/mol. The Balaban J connectivity index is 1.57. The van der Waals surface area contributed by atoms with E-state index in [2.05, 4.69) is 23.1 Å². The summed E-state index contributed by atoms with van der Waals surface area (Å²) in [7, 11) is -3.19. The van der Waals surface area contributed by atoms with Crippen molar-refractivity contribution in [3.63, 3.8) is 0 Å². The van der Waals surface area contributed by atoms with Crippen molar-refractivity contribution >= 4 is 9.84 Å². The highest BCUT2D eigenvalue weighted by atomic mass is 32.2. The molecule has 0 spiro atoms. The Kier molecular flexibility index (Phi) is 4.86. The molecule has 5 heteroatoms. The van der Waals surface area contributed by atoms with Crippen LogP contribution < -0.4 is 0 Å². The topological polar surface area (TPSA) is 46.6 Å². The number of rotatable bonds is 3. The fourth-order valence-corrected chi connectivity index (χ4v) is 4.74. The van der Waals surface area contributed by atoms with Crippen molar-refractivity contribution in [3.05, 3.63) is 53.6 Å². The van der Waals surface area contributed by atoms with E-state index in [4.69, 9.17) is 4.74 Å². The molecule has 1 atom stereocenters. The van der Waals surface area contributed by atoms with Gasteiger partial charge in [0.25, 0.3) is 0 Å². The number of morpholine rings is 1. The molecule has 26 heavy (non-hydrogen) atoms. The molecule has 4 nitrogen and oxygen atoms in total. The SMILES string of the molecule is CS(=O)(=O)c1cccc(-c2ccc3c(c2)CCC(N2CCOCC2)C3)c1. The van der Waals surface area contributed by atoms with Crippen LogP contribution in [0, 0.1) is 0 Å². The zero-order valence-corrected chi connectivity index (χ0v) is 16.0. The first-order chi connectivity index (χ1) is 12.5. The van der Waals surface area contributed by atoms with E-state index >= 15 is 0 Å². The minimum Gasteiger partial charge on any atom is -0.379 e. The predicted octanol–water partition coefficient (Wildman–Crippen LogP) is 2.95. The van der Waals surface area contributed by atoms with Crippen LogP contribution in [0.5, 0.6) is 0 Å². The van der Waals surface area contributed by atoms with Gasteiger partial charge in [-0.25, -0.2) is 8.42 Å². The van der Waals surface area contributed by atoms with Gasteiger partial charge in [-0.2, -0.15) is 0 Å². The molecule has 2 aromatic rings. The molecule has 0 saturated carbocycles. The highest BCUT2D eigenvalue weighted by Gasteiger charge is 2.25. The highest BCUT2D eigenvalue weighted by Crippen LogP contribution is 2.30. The molecule has 1 aliphatic heterocycles. The third-order valence-corrected chi connectivity index (χ3v) is 6.68. The van der Waals surface area contributed by atoms with Gasteiger partial charge in [-0.05, 0) is 53.6 Å². The van der Waals surface area contributed by atoms with E-state index in [1.54, 1.807) is 12.1 Å². The lowest BCUT2D eigenvalue weighted by Gasteiger charge is -2.37. The third kappa shape index (κ3) is 3.70. The maximum atomic E-state index is 11.8. The van der Waals surface area contributed by atoms with Crippen molar-refractivity contribution in [1.82, 2.24) is 4.90 Å². The van der Waals surface area contributed by atoms with E-state index in [1.165, 1.54) is 23.8 Å². The third-order valence-electron chi connectivity index (χ3n) is 5.57. The van der Waals surface area contributed by atoms with Crippen LogP contribution >= 0.6 is 0 Å². The molecule has 0 bridgehead atoms. The Labute approximate surface area is 155 Å². The smallest absolute Gasteiger partial charge is 0.175 e. The van der Waals surface area contributed by atoms with Crippen molar-refractivity contribution in [2.24, 2.45) is 0 Å². The lowest BCUT2D eigenvalue weighted by molar-refractivity contribution is 0.0137. The summed E-state index contributed by atoms with van der Waals surface area (Å²) >= 11 is 0. The fraction of sp³-hybridized carbons (Fsp3) is 0.429. The van der Waals surface area contributed by atoms with E-state index in [0.717, 1.165) is 50.3 Å². The lowest BCUT2D eigenvalue weighted by atomic mass is 9.85.